The molecule has 1 aliphatic carbocycles. The van der Waals surface area contributed by atoms with E-state index in [1.807, 2.05) is 0 Å². The minimum absolute atomic E-state index is 0.554. The van der Waals surface area contributed by atoms with E-state index in [-0.39, 0.29) is 0 Å². The minimum Gasteiger partial charge on any atom is -0.339 e. The second-order valence-electron chi connectivity index (χ2n) is 3.78. The first-order valence-electron chi connectivity index (χ1n) is 5.22. The Morgan fingerprint density at radius 2 is 2.15 bits per heavy atom. The van der Waals surface area contributed by atoms with Crippen LogP contribution in [-0.2, 0) is 6.42 Å². The maximum Gasteiger partial charge on any atom is 0.229 e. The molecular formula is C10H16N2O. The van der Waals surface area contributed by atoms with Crippen LogP contribution in [0.2, 0.25) is 0 Å². The van der Waals surface area contributed by atoms with Gasteiger partial charge in [0.05, 0.1) is 0 Å². The van der Waals surface area contributed by atoms with Crippen LogP contribution in [0.15, 0.2) is 4.52 Å². The first kappa shape index (κ1) is 8.73. The summed E-state index contributed by atoms with van der Waals surface area (Å²) in [4.78, 5) is 4.40. The molecule has 3 heteroatoms. The lowest BCUT2D eigenvalue weighted by molar-refractivity contribution is 0.350. The summed E-state index contributed by atoms with van der Waals surface area (Å²) in [5.74, 6) is 2.31. The maximum atomic E-state index is 5.24. The van der Waals surface area contributed by atoms with Gasteiger partial charge in [0.25, 0.3) is 0 Å². The highest BCUT2D eigenvalue weighted by molar-refractivity contribution is 4.96. The number of hydrogen-bond acceptors (Lipinski definition) is 3. The lowest BCUT2D eigenvalue weighted by Gasteiger charge is -1.98. The van der Waals surface area contributed by atoms with E-state index in [1.165, 1.54) is 25.7 Å². The molecule has 0 saturated heterocycles. The largest absolute Gasteiger partial charge is 0.339 e. The van der Waals surface area contributed by atoms with Crippen LogP contribution in [0, 0.1) is 0 Å². The van der Waals surface area contributed by atoms with Crippen LogP contribution in [0.1, 0.15) is 56.7 Å². The van der Waals surface area contributed by atoms with E-state index in [4.69, 9.17) is 4.52 Å². The van der Waals surface area contributed by atoms with Gasteiger partial charge >= 0.3 is 0 Å². The zero-order valence-electron chi connectivity index (χ0n) is 8.12. The molecule has 13 heavy (non-hydrogen) atoms. The predicted octanol–water partition coefficient (Wildman–Crippen LogP) is 2.68. The molecule has 0 unspecified atom stereocenters. The SMILES string of the molecule is CCCc1noc(C2CCCC2)n1. The van der Waals surface area contributed by atoms with Gasteiger partial charge < -0.3 is 4.52 Å². The van der Waals surface area contributed by atoms with Crippen molar-refractivity contribution < 1.29 is 4.52 Å². The molecule has 72 valence electrons. The highest BCUT2D eigenvalue weighted by atomic mass is 16.5. The third-order valence-corrected chi connectivity index (χ3v) is 2.66. The number of hydrogen-bond donors (Lipinski definition) is 0. The third-order valence-electron chi connectivity index (χ3n) is 2.66. The van der Waals surface area contributed by atoms with Crippen molar-refractivity contribution in [3.8, 4) is 0 Å². The Labute approximate surface area is 78.5 Å². The summed E-state index contributed by atoms with van der Waals surface area (Å²) in [5.41, 5.74) is 0. The Morgan fingerprint density at radius 1 is 1.38 bits per heavy atom. The van der Waals surface area contributed by atoms with E-state index in [2.05, 4.69) is 17.1 Å². The summed E-state index contributed by atoms with van der Waals surface area (Å²) in [6.45, 7) is 2.13. The van der Waals surface area contributed by atoms with Crippen LogP contribution in [0.5, 0.6) is 0 Å². The van der Waals surface area contributed by atoms with Crippen molar-refractivity contribution in [2.45, 2.75) is 51.4 Å². The van der Waals surface area contributed by atoms with Crippen LogP contribution in [0.4, 0.5) is 0 Å². The summed E-state index contributed by atoms with van der Waals surface area (Å²) >= 11 is 0. The van der Waals surface area contributed by atoms with Gasteiger partial charge in [0, 0.05) is 12.3 Å². The van der Waals surface area contributed by atoms with Crippen molar-refractivity contribution in [1.29, 1.82) is 0 Å². The van der Waals surface area contributed by atoms with Gasteiger partial charge in [-0.3, -0.25) is 0 Å². The molecule has 2 rings (SSSR count). The van der Waals surface area contributed by atoms with Crippen molar-refractivity contribution in [2.75, 3.05) is 0 Å². The lowest BCUT2D eigenvalue weighted by atomic mass is 10.1. The summed E-state index contributed by atoms with van der Waals surface area (Å²) < 4.78 is 5.24. The van der Waals surface area contributed by atoms with E-state index < -0.39 is 0 Å². The molecule has 3 nitrogen and oxygen atoms in total. The van der Waals surface area contributed by atoms with Crippen LogP contribution < -0.4 is 0 Å². The lowest BCUT2D eigenvalue weighted by Crippen LogP contribution is -1.93. The van der Waals surface area contributed by atoms with Gasteiger partial charge in [0.2, 0.25) is 5.89 Å². The summed E-state index contributed by atoms with van der Waals surface area (Å²) in [6, 6.07) is 0. The van der Waals surface area contributed by atoms with Crippen molar-refractivity contribution >= 4 is 0 Å². The molecule has 1 aromatic heterocycles. The molecule has 0 atom stereocenters. The van der Waals surface area contributed by atoms with Gasteiger partial charge in [0.15, 0.2) is 5.82 Å². The van der Waals surface area contributed by atoms with Crippen LogP contribution in [0.3, 0.4) is 0 Å². The summed E-state index contributed by atoms with van der Waals surface area (Å²) in [6.07, 6.45) is 7.12. The molecule has 0 amide bonds. The zero-order valence-corrected chi connectivity index (χ0v) is 8.12. The highest BCUT2D eigenvalue weighted by Crippen LogP contribution is 2.32. The topological polar surface area (TPSA) is 38.9 Å². The molecule has 1 aliphatic rings. The maximum absolute atomic E-state index is 5.24. The monoisotopic (exact) mass is 180 g/mol. The van der Waals surface area contributed by atoms with Crippen molar-refractivity contribution in [3.05, 3.63) is 11.7 Å². The standard InChI is InChI=1S/C10H16N2O/c1-2-5-9-11-10(13-12-9)8-6-3-4-7-8/h8H,2-7H2,1H3. The quantitative estimate of drug-likeness (QED) is 0.717. The molecule has 1 aromatic rings. The average molecular weight is 180 g/mol. The molecule has 1 heterocycles. The second-order valence-corrected chi connectivity index (χ2v) is 3.78. The molecule has 0 spiro atoms. The van der Waals surface area contributed by atoms with E-state index in [9.17, 15) is 0 Å². The second kappa shape index (κ2) is 3.90. The van der Waals surface area contributed by atoms with Crippen LogP contribution >= 0.6 is 0 Å². The molecule has 1 saturated carbocycles. The summed E-state index contributed by atoms with van der Waals surface area (Å²) in [5, 5.41) is 3.96. The van der Waals surface area contributed by atoms with E-state index in [0.29, 0.717) is 5.92 Å². The Bertz CT molecular complexity index is 264. The number of aromatic nitrogens is 2. The normalized spacial score (nSPS) is 18.2. The van der Waals surface area contributed by atoms with Gasteiger partial charge in [-0.1, -0.05) is 24.9 Å². The fourth-order valence-corrected chi connectivity index (χ4v) is 1.93. The Morgan fingerprint density at radius 3 is 2.85 bits per heavy atom. The number of rotatable bonds is 3. The van der Waals surface area contributed by atoms with E-state index >= 15 is 0 Å². The van der Waals surface area contributed by atoms with E-state index in [1.54, 1.807) is 0 Å². The van der Waals surface area contributed by atoms with Gasteiger partial charge in [-0.2, -0.15) is 4.98 Å². The fourth-order valence-electron chi connectivity index (χ4n) is 1.93. The first-order valence-corrected chi connectivity index (χ1v) is 5.22. The Kier molecular flexibility index (Phi) is 2.62. The van der Waals surface area contributed by atoms with Crippen LogP contribution in [-0.4, -0.2) is 10.1 Å². The van der Waals surface area contributed by atoms with Crippen LogP contribution in [0.25, 0.3) is 0 Å². The zero-order chi connectivity index (χ0) is 9.10. The van der Waals surface area contributed by atoms with Gasteiger partial charge in [-0.15, -0.1) is 0 Å². The molecule has 0 radical (unpaired) electrons. The van der Waals surface area contributed by atoms with Gasteiger partial charge in [-0.05, 0) is 19.3 Å². The predicted molar refractivity (Wildman–Crippen MR) is 49.5 cm³/mol. The molecular weight excluding hydrogens is 164 g/mol. The Hall–Kier alpha value is -0.860. The molecule has 0 N–H and O–H groups in total. The number of nitrogens with zero attached hydrogens (tertiary/aromatic N) is 2. The third kappa shape index (κ3) is 1.90. The van der Waals surface area contributed by atoms with Gasteiger partial charge in [-0.25, -0.2) is 0 Å². The Balaban J connectivity index is 2.03. The molecule has 0 aromatic carbocycles. The number of aryl methyl sites for hydroxylation is 1. The average Bonchev–Trinajstić information content (AvgIpc) is 2.70. The van der Waals surface area contributed by atoms with Crippen molar-refractivity contribution in [2.24, 2.45) is 0 Å². The van der Waals surface area contributed by atoms with Gasteiger partial charge in [0.1, 0.15) is 0 Å². The van der Waals surface area contributed by atoms with Crippen molar-refractivity contribution in [3.63, 3.8) is 0 Å². The fraction of sp³-hybridized carbons (Fsp3) is 0.800. The molecule has 0 aliphatic heterocycles. The van der Waals surface area contributed by atoms with Crippen molar-refractivity contribution in [1.82, 2.24) is 10.1 Å². The molecule has 0 bridgehead atoms. The smallest absolute Gasteiger partial charge is 0.229 e. The summed E-state index contributed by atoms with van der Waals surface area (Å²) in [7, 11) is 0. The highest BCUT2D eigenvalue weighted by Gasteiger charge is 2.22. The van der Waals surface area contributed by atoms with E-state index in [0.717, 1.165) is 24.6 Å². The minimum atomic E-state index is 0.554. The molecule has 1 fully saturated rings. The first-order chi connectivity index (χ1) is 6.40.